The lowest BCUT2D eigenvalue weighted by molar-refractivity contribution is -0.904. The highest BCUT2D eigenvalue weighted by atomic mass is 16.6. The Labute approximate surface area is 97.3 Å². The van der Waals surface area contributed by atoms with Gasteiger partial charge in [-0.3, -0.25) is 4.90 Å². The number of piperazine rings is 1. The van der Waals surface area contributed by atoms with Crippen LogP contribution in [0, 0.1) is 0 Å². The van der Waals surface area contributed by atoms with Gasteiger partial charge in [-0.25, -0.2) is 4.79 Å². The molecule has 5 heteroatoms. The number of rotatable bonds is 5. The van der Waals surface area contributed by atoms with E-state index in [1.54, 1.807) is 16.9 Å². The zero-order valence-corrected chi connectivity index (χ0v) is 10.3. The lowest BCUT2D eigenvalue weighted by Gasteiger charge is -2.31. The van der Waals surface area contributed by atoms with Gasteiger partial charge in [0, 0.05) is 13.5 Å². The fraction of sp³-hybridized carbons (Fsp3) is 0.909. The minimum atomic E-state index is -0.168. The molecule has 5 nitrogen and oxygen atoms in total. The summed E-state index contributed by atoms with van der Waals surface area (Å²) < 4.78 is 10.00. The van der Waals surface area contributed by atoms with Crippen LogP contribution in [0.4, 0.5) is 4.79 Å². The van der Waals surface area contributed by atoms with E-state index in [1.807, 2.05) is 6.92 Å². The summed E-state index contributed by atoms with van der Waals surface area (Å²) in [6.45, 7) is 7.90. The van der Waals surface area contributed by atoms with E-state index in [4.69, 9.17) is 9.47 Å². The molecular weight excluding hydrogens is 208 g/mol. The largest absolute Gasteiger partial charge is 0.450 e. The predicted octanol–water partition coefficient (Wildman–Crippen LogP) is -0.620. The number of carbonyl (C=O) groups is 1. The molecule has 0 atom stereocenters. The Morgan fingerprint density at radius 3 is 2.62 bits per heavy atom. The summed E-state index contributed by atoms with van der Waals surface area (Å²) in [6.07, 6.45) is 0.920. The zero-order valence-electron chi connectivity index (χ0n) is 10.3. The molecule has 1 amide bonds. The third-order valence-corrected chi connectivity index (χ3v) is 2.88. The molecule has 0 unspecified atom stereocenters. The molecule has 1 heterocycles. The number of methoxy groups -OCH3 is 1. The highest BCUT2D eigenvalue weighted by Crippen LogP contribution is 1.94. The second-order valence-corrected chi connectivity index (χ2v) is 4.03. The van der Waals surface area contributed by atoms with Gasteiger partial charge in [0.15, 0.2) is 0 Å². The molecule has 0 bridgehead atoms. The van der Waals surface area contributed by atoms with E-state index in [0.29, 0.717) is 6.61 Å². The van der Waals surface area contributed by atoms with E-state index in [0.717, 1.165) is 45.8 Å². The molecule has 1 saturated heterocycles. The first-order valence-electron chi connectivity index (χ1n) is 6.02. The summed E-state index contributed by atoms with van der Waals surface area (Å²) in [4.78, 5) is 14.8. The molecule has 0 saturated carbocycles. The van der Waals surface area contributed by atoms with Gasteiger partial charge >= 0.3 is 6.09 Å². The van der Waals surface area contributed by atoms with Crippen LogP contribution in [0.5, 0.6) is 0 Å². The van der Waals surface area contributed by atoms with Gasteiger partial charge in [0.2, 0.25) is 0 Å². The van der Waals surface area contributed by atoms with E-state index < -0.39 is 0 Å². The third kappa shape index (κ3) is 4.37. The fourth-order valence-corrected chi connectivity index (χ4v) is 1.94. The van der Waals surface area contributed by atoms with Crippen LogP contribution in [0.1, 0.15) is 13.3 Å². The number of nitrogens with one attached hydrogen (secondary N) is 1. The molecule has 1 fully saturated rings. The van der Waals surface area contributed by atoms with Gasteiger partial charge < -0.3 is 14.4 Å². The highest BCUT2D eigenvalue weighted by molar-refractivity contribution is 5.67. The summed E-state index contributed by atoms with van der Waals surface area (Å²) in [6, 6.07) is 0. The van der Waals surface area contributed by atoms with Crippen molar-refractivity contribution < 1.29 is 19.2 Å². The Morgan fingerprint density at radius 1 is 1.38 bits per heavy atom. The van der Waals surface area contributed by atoms with E-state index in [9.17, 15) is 4.79 Å². The van der Waals surface area contributed by atoms with Crippen molar-refractivity contribution in [1.82, 2.24) is 4.90 Å². The van der Waals surface area contributed by atoms with Crippen molar-refractivity contribution in [3.05, 3.63) is 0 Å². The van der Waals surface area contributed by atoms with Crippen LogP contribution in [0.15, 0.2) is 0 Å². The lowest BCUT2D eigenvalue weighted by Crippen LogP contribution is -3.14. The van der Waals surface area contributed by atoms with Gasteiger partial charge in [0.25, 0.3) is 0 Å². The quantitative estimate of drug-likeness (QED) is 0.641. The van der Waals surface area contributed by atoms with E-state index >= 15 is 0 Å². The SMILES string of the molecule is CCOC(=O)N1CC[NH+](CCCOC)CC1. The van der Waals surface area contributed by atoms with Crippen LogP contribution in [-0.4, -0.2) is 64.0 Å². The molecule has 94 valence electrons. The topological polar surface area (TPSA) is 43.2 Å². The minimum absolute atomic E-state index is 0.168. The lowest BCUT2D eigenvalue weighted by atomic mass is 10.3. The van der Waals surface area contributed by atoms with E-state index in [-0.39, 0.29) is 6.09 Å². The summed E-state index contributed by atoms with van der Waals surface area (Å²) in [7, 11) is 1.73. The van der Waals surface area contributed by atoms with Crippen molar-refractivity contribution >= 4 is 6.09 Å². The summed E-state index contributed by atoms with van der Waals surface area (Å²) in [5, 5.41) is 0. The second-order valence-electron chi connectivity index (χ2n) is 4.03. The van der Waals surface area contributed by atoms with Gasteiger partial charge in [-0.15, -0.1) is 0 Å². The van der Waals surface area contributed by atoms with E-state index in [1.165, 1.54) is 0 Å². The maximum Gasteiger partial charge on any atom is 0.410 e. The van der Waals surface area contributed by atoms with Crippen molar-refractivity contribution in [2.24, 2.45) is 0 Å². The number of ether oxygens (including phenoxy) is 2. The van der Waals surface area contributed by atoms with Crippen LogP contribution >= 0.6 is 0 Å². The van der Waals surface area contributed by atoms with Crippen molar-refractivity contribution in [1.29, 1.82) is 0 Å². The average molecular weight is 231 g/mol. The van der Waals surface area contributed by atoms with Crippen molar-refractivity contribution in [2.45, 2.75) is 13.3 Å². The van der Waals surface area contributed by atoms with Crippen LogP contribution in [-0.2, 0) is 9.47 Å². The van der Waals surface area contributed by atoms with Gasteiger partial charge in [-0.1, -0.05) is 0 Å². The molecule has 1 N–H and O–H groups in total. The minimum Gasteiger partial charge on any atom is -0.450 e. The van der Waals surface area contributed by atoms with Crippen LogP contribution in [0.3, 0.4) is 0 Å². The van der Waals surface area contributed by atoms with Gasteiger partial charge in [0.05, 0.1) is 45.9 Å². The molecule has 1 rings (SSSR count). The Kier molecular flexibility index (Phi) is 6.18. The van der Waals surface area contributed by atoms with E-state index in [2.05, 4.69) is 0 Å². The number of carbonyl (C=O) groups excluding carboxylic acids is 1. The first-order valence-corrected chi connectivity index (χ1v) is 6.02. The molecular formula is C11H23N2O3+. The number of quaternary nitrogens is 1. The number of hydrogen-bond donors (Lipinski definition) is 1. The molecule has 1 aliphatic rings. The first-order chi connectivity index (χ1) is 7.77. The number of hydrogen-bond acceptors (Lipinski definition) is 3. The smallest absolute Gasteiger partial charge is 0.410 e. The molecule has 0 aromatic heterocycles. The van der Waals surface area contributed by atoms with Crippen molar-refractivity contribution in [3.8, 4) is 0 Å². The van der Waals surface area contributed by atoms with Crippen molar-refractivity contribution in [2.75, 3.05) is 53.0 Å². The predicted molar refractivity (Wildman–Crippen MR) is 60.7 cm³/mol. The molecule has 0 spiro atoms. The average Bonchev–Trinajstić information content (AvgIpc) is 2.30. The Morgan fingerprint density at radius 2 is 2.06 bits per heavy atom. The second kappa shape index (κ2) is 7.46. The molecule has 0 aromatic rings. The Bertz CT molecular complexity index is 203. The highest BCUT2D eigenvalue weighted by Gasteiger charge is 2.23. The monoisotopic (exact) mass is 231 g/mol. The maximum absolute atomic E-state index is 11.4. The molecule has 16 heavy (non-hydrogen) atoms. The van der Waals surface area contributed by atoms with Crippen LogP contribution in [0.2, 0.25) is 0 Å². The Hall–Kier alpha value is -0.810. The summed E-state index contributed by atoms with van der Waals surface area (Å²) in [5.74, 6) is 0. The standard InChI is InChI=1S/C11H22N2O3/c1-3-16-11(14)13-8-6-12(7-9-13)5-4-10-15-2/h3-10H2,1-2H3/p+1. The first kappa shape index (κ1) is 13.3. The van der Waals surface area contributed by atoms with Gasteiger partial charge in [-0.2, -0.15) is 0 Å². The fourth-order valence-electron chi connectivity index (χ4n) is 1.94. The van der Waals surface area contributed by atoms with Gasteiger partial charge in [0.1, 0.15) is 0 Å². The summed E-state index contributed by atoms with van der Waals surface area (Å²) in [5.41, 5.74) is 0. The van der Waals surface area contributed by atoms with Crippen LogP contribution in [0.25, 0.3) is 0 Å². The zero-order chi connectivity index (χ0) is 11.8. The number of nitrogens with zero attached hydrogens (tertiary/aromatic N) is 1. The molecule has 0 radical (unpaired) electrons. The van der Waals surface area contributed by atoms with Crippen LogP contribution < -0.4 is 4.90 Å². The Balaban J connectivity index is 2.15. The maximum atomic E-state index is 11.4. The summed E-state index contributed by atoms with van der Waals surface area (Å²) >= 11 is 0. The number of amides is 1. The molecule has 0 aromatic carbocycles. The third-order valence-electron chi connectivity index (χ3n) is 2.88. The molecule has 0 aliphatic carbocycles. The molecule has 1 aliphatic heterocycles. The normalized spacial score (nSPS) is 17.5. The van der Waals surface area contributed by atoms with Gasteiger partial charge in [-0.05, 0) is 6.92 Å². The van der Waals surface area contributed by atoms with Crippen molar-refractivity contribution in [3.63, 3.8) is 0 Å².